The zero-order valence-electron chi connectivity index (χ0n) is 26.8. The van der Waals surface area contributed by atoms with E-state index in [1.807, 2.05) is 13.8 Å². The highest BCUT2D eigenvalue weighted by atomic mass is 19.4. The molecule has 0 bridgehead atoms. The number of halogens is 9. The van der Waals surface area contributed by atoms with E-state index in [9.17, 15) is 68.9 Å². The molecule has 5 atom stereocenters. The van der Waals surface area contributed by atoms with Crippen LogP contribution in [0.3, 0.4) is 0 Å². The smallest absolute Gasteiger partial charge is 0.480 e. The lowest BCUT2D eigenvalue weighted by Crippen LogP contribution is -2.53. The quantitative estimate of drug-likeness (QED) is 0.120. The van der Waals surface area contributed by atoms with Gasteiger partial charge >= 0.3 is 36.2 Å². The zero-order chi connectivity index (χ0) is 40.2. The van der Waals surface area contributed by atoms with Gasteiger partial charge in [0.15, 0.2) is 11.6 Å². The Morgan fingerprint density at radius 2 is 1.33 bits per heavy atom. The largest absolute Gasteiger partial charge is 0.490 e. The van der Waals surface area contributed by atoms with Crippen molar-refractivity contribution in [1.82, 2.24) is 15.5 Å². The van der Waals surface area contributed by atoms with E-state index in [4.69, 9.17) is 25.5 Å². The molecule has 1 heterocycles. The van der Waals surface area contributed by atoms with Crippen LogP contribution in [0.1, 0.15) is 45.6 Å². The van der Waals surface area contributed by atoms with Crippen molar-refractivity contribution < 1.29 is 88.7 Å². The predicted molar refractivity (Wildman–Crippen MR) is 153 cm³/mol. The van der Waals surface area contributed by atoms with Crippen LogP contribution in [0.15, 0.2) is 12.1 Å². The fraction of sp³-hybridized carbons (Fsp3) is 0.571. The number of carbonyl (C=O) groups is 6. The van der Waals surface area contributed by atoms with Gasteiger partial charge in [0.2, 0.25) is 11.8 Å². The van der Waals surface area contributed by atoms with Crippen LogP contribution in [0.2, 0.25) is 0 Å². The van der Waals surface area contributed by atoms with E-state index in [0.717, 1.165) is 4.90 Å². The molecule has 8 N–H and O–H groups in total. The molecule has 0 unspecified atom stereocenters. The van der Waals surface area contributed by atoms with E-state index in [0.29, 0.717) is 12.1 Å². The maximum absolute atomic E-state index is 13.9. The van der Waals surface area contributed by atoms with Gasteiger partial charge in [-0.05, 0) is 37.3 Å². The molecule has 1 aliphatic heterocycles. The number of nitrogens with zero attached hydrogens (tertiary/aromatic N) is 1. The Labute approximate surface area is 282 Å². The van der Waals surface area contributed by atoms with E-state index >= 15 is 0 Å². The van der Waals surface area contributed by atoms with Crippen LogP contribution in [0.4, 0.5) is 39.5 Å². The van der Waals surface area contributed by atoms with Crippen molar-refractivity contribution in [1.29, 1.82) is 0 Å². The first kappa shape index (κ1) is 46.3. The number of carboxylic acids is 4. The minimum absolute atomic E-state index is 0.0407. The summed E-state index contributed by atoms with van der Waals surface area (Å²) >= 11 is 0. The number of carbonyl (C=O) groups excluding carboxylic acids is 2. The van der Waals surface area contributed by atoms with Gasteiger partial charge in [-0.2, -0.15) is 26.3 Å². The van der Waals surface area contributed by atoms with Crippen molar-refractivity contribution in [3.05, 3.63) is 35.1 Å². The number of benzene rings is 1. The Morgan fingerprint density at radius 3 is 1.75 bits per heavy atom. The number of nitrogens with one attached hydrogen (secondary N) is 2. The Balaban J connectivity index is 0.00000149. The Hall–Kier alpha value is -4.67. The molecule has 14 nitrogen and oxygen atoms in total. The molecule has 1 fully saturated rings. The van der Waals surface area contributed by atoms with Crippen LogP contribution in [-0.2, 0) is 35.2 Å². The SMILES string of the molecule is CC(C)C[C@H](N[C@@H](C)C(=O)N1C[C@@H](NC(=O)C[C@H](N)Cc2cc(F)c(F)cc2F)C[C@H]1C(=O)O)C(=O)O.O=C(O)C(F)(F)F.O=C(O)C(F)(F)F. The number of aliphatic carboxylic acids is 4. The summed E-state index contributed by atoms with van der Waals surface area (Å²) in [6, 6.07) is -3.82. The highest BCUT2D eigenvalue weighted by Gasteiger charge is 2.42. The van der Waals surface area contributed by atoms with Gasteiger partial charge in [-0.15, -0.1) is 0 Å². The standard InChI is InChI=1S/C24H33F3N4O6.2C2HF3O2/c1-11(2)4-19(23(34)35)29-12(3)22(33)31-10-15(8-20(31)24(36)37)30-21(32)7-14(28)5-13-6-17(26)18(27)9-16(13)25;2*3-2(4,5)1(6)7/h6,9,11-12,14-15,19-20,29H,4-5,7-8,10,28H2,1-3H3,(H,30,32)(H,34,35)(H,36,37);2*(H,6,7)/t12-,14+,15-,19-,20-;;/m0../s1. The average molecular weight is 759 g/mol. The van der Waals surface area contributed by atoms with Gasteiger partial charge < -0.3 is 36.4 Å². The third-order valence-corrected chi connectivity index (χ3v) is 6.57. The lowest BCUT2D eigenvalue weighted by Gasteiger charge is -2.27. The first-order valence-corrected chi connectivity index (χ1v) is 14.4. The minimum atomic E-state index is -5.08. The molecule has 0 radical (unpaired) electrons. The highest BCUT2D eigenvalue weighted by Crippen LogP contribution is 2.21. The van der Waals surface area contributed by atoms with E-state index in [-0.39, 0.29) is 43.7 Å². The number of likely N-dealkylation sites (tertiary alicyclic amines) is 1. The van der Waals surface area contributed by atoms with Gasteiger partial charge in [0.25, 0.3) is 0 Å². The first-order chi connectivity index (χ1) is 23.1. The maximum Gasteiger partial charge on any atom is 0.490 e. The topological polar surface area (TPSA) is 237 Å². The Morgan fingerprint density at radius 1 is 0.863 bits per heavy atom. The molecular formula is C28H35F9N4O10. The Kier molecular flexibility index (Phi) is 17.9. The average Bonchev–Trinajstić information content (AvgIpc) is 3.38. The summed E-state index contributed by atoms with van der Waals surface area (Å²) in [5, 5.41) is 38.6. The molecule has 51 heavy (non-hydrogen) atoms. The number of nitrogens with two attached hydrogens (primary N) is 1. The van der Waals surface area contributed by atoms with Gasteiger partial charge in [-0.3, -0.25) is 19.7 Å². The van der Waals surface area contributed by atoms with Crippen molar-refractivity contribution in [2.75, 3.05) is 6.54 Å². The summed E-state index contributed by atoms with van der Waals surface area (Å²) in [6.07, 6.45) is -10.5. The Bertz CT molecular complexity index is 1390. The number of alkyl halides is 6. The van der Waals surface area contributed by atoms with Crippen molar-refractivity contribution >= 4 is 35.7 Å². The summed E-state index contributed by atoms with van der Waals surface area (Å²) in [6.45, 7) is 4.99. The van der Waals surface area contributed by atoms with Gasteiger partial charge in [0, 0.05) is 37.5 Å². The van der Waals surface area contributed by atoms with E-state index < -0.39 is 95.7 Å². The van der Waals surface area contributed by atoms with Crippen LogP contribution >= 0.6 is 0 Å². The number of carboxylic acid groups (broad SMARTS) is 4. The number of hydrogen-bond acceptors (Lipinski definition) is 8. The maximum atomic E-state index is 13.9. The first-order valence-electron chi connectivity index (χ1n) is 14.4. The normalized spacial score (nSPS) is 17.6. The molecule has 2 rings (SSSR count). The monoisotopic (exact) mass is 758 g/mol. The lowest BCUT2D eigenvalue weighted by molar-refractivity contribution is -0.193. The lowest BCUT2D eigenvalue weighted by atomic mass is 10.0. The van der Waals surface area contributed by atoms with Crippen molar-refractivity contribution in [2.45, 2.75) is 89.0 Å². The molecule has 0 spiro atoms. The van der Waals surface area contributed by atoms with Crippen molar-refractivity contribution in [2.24, 2.45) is 11.7 Å². The number of amides is 2. The molecule has 0 saturated carbocycles. The summed E-state index contributed by atoms with van der Waals surface area (Å²) < 4.78 is 104. The highest BCUT2D eigenvalue weighted by molar-refractivity contribution is 5.88. The summed E-state index contributed by atoms with van der Waals surface area (Å²) in [7, 11) is 0. The van der Waals surface area contributed by atoms with Gasteiger partial charge in [0.1, 0.15) is 17.9 Å². The molecule has 23 heteroatoms. The molecule has 2 amide bonds. The second-order valence-corrected chi connectivity index (χ2v) is 11.4. The van der Waals surface area contributed by atoms with Gasteiger partial charge in [-0.1, -0.05) is 13.8 Å². The molecular weight excluding hydrogens is 723 g/mol. The third-order valence-electron chi connectivity index (χ3n) is 6.57. The van der Waals surface area contributed by atoms with E-state index in [2.05, 4.69) is 10.6 Å². The van der Waals surface area contributed by atoms with Crippen LogP contribution in [0, 0.1) is 23.4 Å². The van der Waals surface area contributed by atoms with E-state index in [1.54, 1.807) is 0 Å². The summed E-state index contributed by atoms with van der Waals surface area (Å²) in [5.41, 5.74) is 5.68. The van der Waals surface area contributed by atoms with Crippen molar-refractivity contribution in [3.63, 3.8) is 0 Å². The molecule has 1 aliphatic rings. The molecule has 1 aromatic carbocycles. The van der Waals surface area contributed by atoms with Crippen molar-refractivity contribution in [3.8, 4) is 0 Å². The van der Waals surface area contributed by atoms with Crippen LogP contribution < -0.4 is 16.4 Å². The summed E-state index contributed by atoms with van der Waals surface area (Å²) in [5.74, 6) is -12.7. The van der Waals surface area contributed by atoms with Gasteiger partial charge in [0.05, 0.1) is 6.04 Å². The number of hydrogen-bond donors (Lipinski definition) is 7. The number of rotatable bonds is 12. The second kappa shape index (κ2) is 19.7. The zero-order valence-corrected chi connectivity index (χ0v) is 26.8. The third kappa shape index (κ3) is 16.7. The molecule has 1 saturated heterocycles. The van der Waals surface area contributed by atoms with Crippen LogP contribution in [-0.4, -0.2) is 110 Å². The molecule has 0 aromatic heterocycles. The molecule has 290 valence electrons. The fourth-order valence-corrected chi connectivity index (χ4v) is 4.35. The van der Waals surface area contributed by atoms with Crippen LogP contribution in [0.5, 0.6) is 0 Å². The molecule has 1 aromatic rings. The van der Waals surface area contributed by atoms with E-state index in [1.165, 1.54) is 6.92 Å². The second-order valence-electron chi connectivity index (χ2n) is 11.4. The predicted octanol–water partition coefficient (Wildman–Crippen LogP) is 2.28. The van der Waals surface area contributed by atoms with Gasteiger partial charge in [-0.25, -0.2) is 27.6 Å². The summed E-state index contributed by atoms with van der Waals surface area (Å²) in [4.78, 5) is 67.6. The van der Waals surface area contributed by atoms with Crippen LogP contribution in [0.25, 0.3) is 0 Å². The fourth-order valence-electron chi connectivity index (χ4n) is 4.35. The molecule has 0 aliphatic carbocycles. The minimum Gasteiger partial charge on any atom is -0.480 e.